The molecule has 0 bridgehead atoms. The van der Waals surface area contributed by atoms with Crippen molar-refractivity contribution in [1.82, 2.24) is 0 Å². The van der Waals surface area contributed by atoms with Crippen LogP contribution in [0.5, 0.6) is 0 Å². The van der Waals surface area contributed by atoms with Crippen molar-refractivity contribution >= 4 is 11.6 Å². The van der Waals surface area contributed by atoms with E-state index in [1.54, 1.807) is 0 Å². The lowest BCUT2D eigenvalue weighted by atomic mass is 10.1. The number of amides is 1. The van der Waals surface area contributed by atoms with Gasteiger partial charge in [0.2, 0.25) is 0 Å². The average molecular weight is 254 g/mol. The number of allylic oxidation sites excluding steroid dienone is 1. The highest BCUT2D eigenvalue weighted by molar-refractivity contribution is 6.00. The zero-order valence-electron chi connectivity index (χ0n) is 9.41. The number of hydrogen-bond donors (Lipinski definition) is 3. The highest BCUT2D eigenvalue weighted by Gasteiger charge is 2.06. The predicted octanol–water partition coefficient (Wildman–Crippen LogP) is 1.84. The van der Waals surface area contributed by atoms with E-state index in [-0.39, 0.29) is 24.1 Å². The third-order valence-electron chi connectivity index (χ3n) is 2.24. The Morgan fingerprint density at radius 3 is 2.67 bits per heavy atom. The fourth-order valence-corrected chi connectivity index (χ4v) is 1.30. The van der Waals surface area contributed by atoms with Crippen molar-refractivity contribution in [2.45, 2.75) is 12.8 Å². The first kappa shape index (κ1) is 13.8. The topological polar surface area (TPSA) is 87.2 Å². The van der Waals surface area contributed by atoms with Crippen molar-refractivity contribution in [3.63, 3.8) is 0 Å². The Balaban J connectivity index is 2.63. The highest BCUT2D eigenvalue weighted by atomic mass is 19.1. The zero-order chi connectivity index (χ0) is 13.7. The number of hydrogen-bond acceptors (Lipinski definition) is 3. The first-order valence-corrected chi connectivity index (χ1v) is 5.12. The largest absolute Gasteiger partial charge is 0.503 e. The Morgan fingerprint density at radius 2 is 2.11 bits per heavy atom. The van der Waals surface area contributed by atoms with E-state index in [4.69, 9.17) is 16.2 Å². The Bertz CT molecular complexity index is 513. The summed E-state index contributed by atoms with van der Waals surface area (Å²) in [5, 5.41) is 16.4. The smallest absolute Gasteiger partial charge is 0.283 e. The molecular formula is C12H12F2N2O2. The minimum Gasteiger partial charge on any atom is -0.503 e. The molecule has 0 atom stereocenters. The van der Waals surface area contributed by atoms with Gasteiger partial charge in [0.05, 0.1) is 0 Å². The molecule has 0 aromatic heterocycles. The van der Waals surface area contributed by atoms with Gasteiger partial charge in [0.15, 0.2) is 5.76 Å². The molecule has 0 aliphatic rings. The Labute approximate surface area is 102 Å². The van der Waals surface area contributed by atoms with Crippen molar-refractivity contribution in [3.05, 3.63) is 47.2 Å². The summed E-state index contributed by atoms with van der Waals surface area (Å²) in [5.41, 5.74) is 4.96. The van der Waals surface area contributed by atoms with Crippen LogP contribution in [0.1, 0.15) is 12.0 Å². The minimum atomic E-state index is -1.03. The lowest BCUT2D eigenvalue weighted by Crippen LogP contribution is -2.14. The molecule has 1 aromatic rings. The summed E-state index contributed by atoms with van der Waals surface area (Å²) in [6, 6.07) is 3.17. The summed E-state index contributed by atoms with van der Waals surface area (Å²) < 4.78 is 25.9. The number of halogens is 2. The molecular weight excluding hydrogens is 242 g/mol. The zero-order valence-corrected chi connectivity index (χ0v) is 9.41. The summed E-state index contributed by atoms with van der Waals surface area (Å²) in [6.45, 7) is 0. The number of rotatable bonds is 5. The molecule has 18 heavy (non-hydrogen) atoms. The van der Waals surface area contributed by atoms with E-state index in [1.165, 1.54) is 6.07 Å². The van der Waals surface area contributed by atoms with Gasteiger partial charge in [0.25, 0.3) is 5.91 Å². The number of carbonyl (C=O) groups excluding carboxylic acids is 1. The van der Waals surface area contributed by atoms with Crippen LogP contribution in [-0.4, -0.2) is 16.7 Å². The second kappa shape index (κ2) is 5.90. The second-order valence-electron chi connectivity index (χ2n) is 3.65. The quantitative estimate of drug-likeness (QED) is 0.425. The van der Waals surface area contributed by atoms with Crippen LogP contribution >= 0.6 is 0 Å². The molecule has 0 fully saturated rings. The lowest BCUT2D eigenvalue weighted by Gasteiger charge is -2.03. The molecule has 0 aliphatic carbocycles. The van der Waals surface area contributed by atoms with Gasteiger partial charge in [0.1, 0.15) is 11.6 Å². The van der Waals surface area contributed by atoms with Crippen molar-refractivity contribution < 1.29 is 18.7 Å². The predicted molar refractivity (Wildman–Crippen MR) is 62.3 cm³/mol. The molecule has 6 heteroatoms. The van der Waals surface area contributed by atoms with E-state index in [9.17, 15) is 13.6 Å². The van der Waals surface area contributed by atoms with E-state index >= 15 is 0 Å². The Kier molecular flexibility index (Phi) is 4.53. The van der Waals surface area contributed by atoms with Crippen molar-refractivity contribution in [2.24, 2.45) is 5.73 Å². The molecule has 4 nitrogen and oxygen atoms in total. The van der Waals surface area contributed by atoms with E-state index in [2.05, 4.69) is 0 Å². The molecule has 0 spiro atoms. The van der Waals surface area contributed by atoms with Crippen LogP contribution < -0.4 is 5.73 Å². The molecule has 1 aromatic carbocycles. The van der Waals surface area contributed by atoms with Gasteiger partial charge < -0.3 is 16.2 Å². The Hall–Kier alpha value is -2.24. The van der Waals surface area contributed by atoms with E-state index in [0.717, 1.165) is 18.2 Å². The number of benzene rings is 1. The first-order chi connectivity index (χ1) is 8.40. The van der Waals surface area contributed by atoms with E-state index in [1.807, 2.05) is 0 Å². The van der Waals surface area contributed by atoms with Crippen LogP contribution in [0.25, 0.3) is 0 Å². The molecule has 0 radical (unpaired) electrons. The monoisotopic (exact) mass is 254 g/mol. The molecule has 1 amide bonds. The number of primary amides is 1. The molecule has 0 saturated carbocycles. The van der Waals surface area contributed by atoms with Crippen molar-refractivity contribution in [3.8, 4) is 0 Å². The number of nitrogens with two attached hydrogens (primary N) is 1. The van der Waals surface area contributed by atoms with E-state index in [0.29, 0.717) is 0 Å². The van der Waals surface area contributed by atoms with Gasteiger partial charge >= 0.3 is 0 Å². The number of aliphatic hydroxyl groups is 1. The van der Waals surface area contributed by atoms with Crippen molar-refractivity contribution in [2.75, 3.05) is 0 Å². The van der Waals surface area contributed by atoms with Crippen LogP contribution in [0.4, 0.5) is 8.78 Å². The van der Waals surface area contributed by atoms with Gasteiger partial charge in [-0.1, -0.05) is 6.07 Å². The average Bonchev–Trinajstić information content (AvgIpc) is 2.27. The number of aryl methyl sites for hydroxylation is 1. The highest BCUT2D eigenvalue weighted by Crippen LogP contribution is 2.12. The molecule has 1 rings (SSSR count). The van der Waals surface area contributed by atoms with E-state index < -0.39 is 23.3 Å². The molecule has 96 valence electrons. The standard InChI is InChI=1S/C12H12F2N2O2/c13-8-3-1-7(10(14)5-8)2-4-9(15)6-11(17)12(16)18/h1,3,5-6,15,17H,2,4H2,(H2,16,18)/b11-6+,15-9?. The van der Waals surface area contributed by atoms with Gasteiger partial charge in [-0.3, -0.25) is 4.79 Å². The number of aliphatic hydroxyl groups excluding tert-OH is 1. The maximum absolute atomic E-state index is 13.2. The minimum absolute atomic E-state index is 0.0741. The fraction of sp³-hybridized carbons (Fsp3) is 0.167. The van der Waals surface area contributed by atoms with Crippen LogP contribution in [0.3, 0.4) is 0 Å². The van der Waals surface area contributed by atoms with Crippen LogP contribution in [0.15, 0.2) is 30.0 Å². The summed E-state index contributed by atoms with van der Waals surface area (Å²) in [4.78, 5) is 10.5. The maximum Gasteiger partial charge on any atom is 0.283 e. The summed E-state index contributed by atoms with van der Waals surface area (Å²) in [5.74, 6) is -3.12. The van der Waals surface area contributed by atoms with Gasteiger partial charge in [-0.2, -0.15) is 0 Å². The second-order valence-corrected chi connectivity index (χ2v) is 3.65. The summed E-state index contributed by atoms with van der Waals surface area (Å²) in [6.07, 6.45) is 1.16. The van der Waals surface area contributed by atoms with Gasteiger partial charge in [-0.25, -0.2) is 8.78 Å². The third kappa shape index (κ3) is 3.97. The fourth-order valence-electron chi connectivity index (χ4n) is 1.30. The van der Waals surface area contributed by atoms with Crippen LogP contribution in [0, 0.1) is 17.0 Å². The van der Waals surface area contributed by atoms with Crippen LogP contribution in [-0.2, 0) is 11.2 Å². The summed E-state index contributed by atoms with van der Waals surface area (Å²) in [7, 11) is 0. The molecule has 4 N–H and O–H groups in total. The van der Waals surface area contributed by atoms with Gasteiger partial charge in [-0.15, -0.1) is 0 Å². The number of nitrogens with one attached hydrogen (secondary N) is 1. The van der Waals surface area contributed by atoms with Crippen LogP contribution in [0.2, 0.25) is 0 Å². The lowest BCUT2D eigenvalue weighted by molar-refractivity contribution is -0.116. The molecule has 0 aliphatic heterocycles. The first-order valence-electron chi connectivity index (χ1n) is 5.12. The Morgan fingerprint density at radius 1 is 1.44 bits per heavy atom. The molecule has 0 heterocycles. The van der Waals surface area contributed by atoms with Gasteiger partial charge in [0, 0.05) is 17.9 Å². The van der Waals surface area contributed by atoms with Crippen molar-refractivity contribution in [1.29, 1.82) is 5.41 Å². The van der Waals surface area contributed by atoms with Gasteiger partial charge in [-0.05, 0) is 24.5 Å². The number of carbonyl (C=O) groups is 1. The molecule has 0 saturated heterocycles. The maximum atomic E-state index is 13.2. The third-order valence-corrected chi connectivity index (χ3v) is 2.24. The molecule has 0 unspecified atom stereocenters. The SMILES string of the molecule is N=C(/C=C(/O)C(N)=O)CCc1ccc(F)cc1F. The normalized spacial score (nSPS) is 11.3. The summed E-state index contributed by atoms with van der Waals surface area (Å²) >= 11 is 0.